The predicted octanol–water partition coefficient (Wildman–Crippen LogP) is 3.27. The molecule has 4 rings (SSSR count). The van der Waals surface area contributed by atoms with Gasteiger partial charge in [0.2, 0.25) is 5.91 Å². The molecule has 3 heterocycles. The van der Waals surface area contributed by atoms with Crippen molar-refractivity contribution >= 4 is 45.9 Å². The molecule has 1 aromatic carbocycles. The zero-order valence-corrected chi connectivity index (χ0v) is 16.8. The lowest BCUT2D eigenvalue weighted by molar-refractivity contribution is -0.121. The third-order valence-corrected chi connectivity index (χ3v) is 6.16. The van der Waals surface area contributed by atoms with Crippen LogP contribution in [0, 0.1) is 0 Å². The molecule has 1 aromatic heterocycles. The summed E-state index contributed by atoms with van der Waals surface area (Å²) in [4.78, 5) is 28.7. The van der Waals surface area contributed by atoms with Crippen molar-refractivity contribution in [3.8, 4) is 0 Å². The number of carbonyl (C=O) groups excluding carboxylic acids is 2. The standard InChI is InChI=1S/C19H20ClN5O2S/c20-12-5-4-6-13(9-12)21-17(26)10-14-19(27)22-18(28-14)11-16-24-23-15-7-2-1-3-8-25(15)16/h4-6,9,14H,1-3,7-8,10-11H2,(H,21,26)/t14-/m0/s1. The summed E-state index contributed by atoms with van der Waals surface area (Å²) in [6.07, 6.45) is 4.94. The van der Waals surface area contributed by atoms with E-state index in [2.05, 4.69) is 25.1 Å². The molecule has 146 valence electrons. The minimum Gasteiger partial charge on any atom is -0.326 e. The van der Waals surface area contributed by atoms with Crippen molar-refractivity contribution in [1.82, 2.24) is 14.8 Å². The zero-order chi connectivity index (χ0) is 19.5. The van der Waals surface area contributed by atoms with Gasteiger partial charge < -0.3 is 9.88 Å². The van der Waals surface area contributed by atoms with E-state index in [4.69, 9.17) is 11.6 Å². The molecule has 0 saturated carbocycles. The van der Waals surface area contributed by atoms with Crippen molar-refractivity contribution in [2.45, 2.75) is 50.3 Å². The molecule has 2 aromatic rings. The lowest BCUT2D eigenvalue weighted by atomic mass is 10.2. The van der Waals surface area contributed by atoms with Crippen molar-refractivity contribution in [2.75, 3.05) is 5.32 Å². The second kappa shape index (κ2) is 8.45. The van der Waals surface area contributed by atoms with Gasteiger partial charge in [0.05, 0.1) is 11.5 Å². The van der Waals surface area contributed by atoms with Crippen molar-refractivity contribution in [3.63, 3.8) is 0 Å². The number of hydrogen-bond donors (Lipinski definition) is 1. The van der Waals surface area contributed by atoms with Crippen LogP contribution in [0.5, 0.6) is 0 Å². The minimum absolute atomic E-state index is 0.0704. The summed E-state index contributed by atoms with van der Waals surface area (Å²) in [5.74, 6) is 1.36. The molecule has 9 heteroatoms. The van der Waals surface area contributed by atoms with E-state index in [0.29, 0.717) is 22.2 Å². The van der Waals surface area contributed by atoms with E-state index in [1.54, 1.807) is 24.3 Å². The minimum atomic E-state index is -0.499. The Morgan fingerprint density at radius 3 is 3.04 bits per heavy atom. The SMILES string of the molecule is O=C(C[C@@H]1SC(Cc2nnc3n2CCCCC3)=NC1=O)Nc1cccc(Cl)c1. The molecule has 7 nitrogen and oxygen atoms in total. The highest BCUT2D eigenvalue weighted by molar-refractivity contribution is 8.15. The monoisotopic (exact) mass is 417 g/mol. The molecule has 28 heavy (non-hydrogen) atoms. The number of nitrogens with one attached hydrogen (secondary N) is 1. The number of carbonyl (C=O) groups is 2. The van der Waals surface area contributed by atoms with Gasteiger partial charge in [-0.05, 0) is 31.0 Å². The first-order valence-corrected chi connectivity index (χ1v) is 10.6. The van der Waals surface area contributed by atoms with Crippen LogP contribution in [-0.4, -0.2) is 36.9 Å². The summed E-state index contributed by atoms with van der Waals surface area (Å²) in [5.41, 5.74) is 0.611. The number of nitrogens with zero attached hydrogens (tertiary/aromatic N) is 4. The van der Waals surface area contributed by atoms with Crippen molar-refractivity contribution in [1.29, 1.82) is 0 Å². The van der Waals surface area contributed by atoms with Crippen LogP contribution in [0.1, 0.15) is 37.3 Å². The molecule has 0 aliphatic carbocycles. The zero-order valence-electron chi connectivity index (χ0n) is 15.2. The number of rotatable bonds is 5. The Balaban J connectivity index is 1.35. The maximum Gasteiger partial charge on any atom is 0.260 e. The molecule has 2 amide bonds. The number of aryl methyl sites for hydroxylation is 1. The molecule has 0 fully saturated rings. The Morgan fingerprint density at radius 1 is 1.29 bits per heavy atom. The fourth-order valence-corrected chi connectivity index (χ4v) is 4.67. The smallest absolute Gasteiger partial charge is 0.260 e. The second-order valence-corrected chi connectivity index (χ2v) is 8.60. The molecular formula is C19H20ClN5O2S. The number of benzene rings is 1. The first-order valence-electron chi connectivity index (χ1n) is 9.33. The third-order valence-electron chi connectivity index (χ3n) is 4.76. The Kier molecular flexibility index (Phi) is 5.77. The molecular weight excluding hydrogens is 398 g/mol. The van der Waals surface area contributed by atoms with E-state index >= 15 is 0 Å². The van der Waals surface area contributed by atoms with E-state index < -0.39 is 5.25 Å². The molecule has 1 N–H and O–H groups in total. The Hall–Kier alpha value is -2.19. The molecule has 0 bridgehead atoms. The largest absolute Gasteiger partial charge is 0.326 e. The summed E-state index contributed by atoms with van der Waals surface area (Å²) in [7, 11) is 0. The molecule has 1 atom stereocenters. The fraction of sp³-hybridized carbons (Fsp3) is 0.421. The summed E-state index contributed by atoms with van der Waals surface area (Å²) in [6.45, 7) is 0.912. The first-order chi connectivity index (χ1) is 13.6. The average Bonchev–Trinajstić information content (AvgIpc) is 3.08. The molecule has 2 aliphatic heterocycles. The number of amides is 2. The normalized spacial score (nSPS) is 19.1. The maximum absolute atomic E-state index is 12.3. The number of aromatic nitrogens is 3. The Morgan fingerprint density at radius 2 is 2.18 bits per heavy atom. The van der Waals surface area contributed by atoms with Crippen molar-refractivity contribution in [2.24, 2.45) is 4.99 Å². The van der Waals surface area contributed by atoms with Gasteiger partial charge in [-0.15, -0.1) is 10.2 Å². The number of aliphatic imine (C=N–C) groups is 1. The van der Waals surface area contributed by atoms with Crippen LogP contribution in [0.4, 0.5) is 5.69 Å². The Bertz CT molecular complexity index is 942. The van der Waals surface area contributed by atoms with Gasteiger partial charge >= 0.3 is 0 Å². The summed E-state index contributed by atoms with van der Waals surface area (Å²) >= 11 is 7.28. The molecule has 0 unspecified atom stereocenters. The summed E-state index contributed by atoms with van der Waals surface area (Å²) in [5, 5.41) is 12.1. The number of thioether (sulfide) groups is 1. The fourth-order valence-electron chi connectivity index (χ4n) is 3.40. The number of anilines is 1. The topological polar surface area (TPSA) is 89.2 Å². The third kappa shape index (κ3) is 4.44. The second-order valence-electron chi connectivity index (χ2n) is 6.88. The summed E-state index contributed by atoms with van der Waals surface area (Å²) in [6, 6.07) is 6.92. The maximum atomic E-state index is 12.3. The van der Waals surface area contributed by atoms with Crippen LogP contribution in [0.25, 0.3) is 0 Å². The van der Waals surface area contributed by atoms with Crippen LogP contribution in [-0.2, 0) is 29.0 Å². The lowest BCUT2D eigenvalue weighted by Gasteiger charge is -2.09. The molecule has 0 radical (unpaired) electrons. The van der Waals surface area contributed by atoms with E-state index in [-0.39, 0.29) is 18.2 Å². The van der Waals surface area contributed by atoms with Gasteiger partial charge in [0.25, 0.3) is 5.91 Å². The van der Waals surface area contributed by atoms with E-state index in [1.165, 1.54) is 18.2 Å². The molecule has 0 spiro atoms. The van der Waals surface area contributed by atoms with E-state index in [0.717, 1.165) is 37.5 Å². The highest BCUT2D eigenvalue weighted by atomic mass is 35.5. The van der Waals surface area contributed by atoms with Gasteiger partial charge in [0.15, 0.2) is 0 Å². The van der Waals surface area contributed by atoms with Crippen LogP contribution in [0.15, 0.2) is 29.3 Å². The van der Waals surface area contributed by atoms with E-state index in [9.17, 15) is 9.59 Å². The van der Waals surface area contributed by atoms with Gasteiger partial charge in [-0.25, -0.2) is 4.99 Å². The highest BCUT2D eigenvalue weighted by Crippen LogP contribution is 2.28. The molecule has 0 saturated heterocycles. The van der Waals surface area contributed by atoms with Crippen LogP contribution in [0.3, 0.4) is 0 Å². The van der Waals surface area contributed by atoms with Crippen LogP contribution >= 0.6 is 23.4 Å². The van der Waals surface area contributed by atoms with Gasteiger partial charge in [-0.1, -0.05) is 35.9 Å². The van der Waals surface area contributed by atoms with Gasteiger partial charge in [0.1, 0.15) is 16.9 Å². The number of halogens is 1. The summed E-state index contributed by atoms with van der Waals surface area (Å²) < 4.78 is 2.15. The van der Waals surface area contributed by atoms with Crippen LogP contribution in [0.2, 0.25) is 5.02 Å². The van der Waals surface area contributed by atoms with Crippen molar-refractivity contribution in [3.05, 3.63) is 40.9 Å². The molecule has 2 aliphatic rings. The van der Waals surface area contributed by atoms with Crippen LogP contribution < -0.4 is 5.32 Å². The lowest BCUT2D eigenvalue weighted by Crippen LogP contribution is -2.21. The van der Waals surface area contributed by atoms with E-state index in [1.807, 2.05) is 0 Å². The van der Waals surface area contributed by atoms with Gasteiger partial charge in [0, 0.05) is 30.1 Å². The first kappa shape index (κ1) is 19.1. The predicted molar refractivity (Wildman–Crippen MR) is 110 cm³/mol. The quantitative estimate of drug-likeness (QED) is 0.806. The van der Waals surface area contributed by atoms with Crippen molar-refractivity contribution < 1.29 is 9.59 Å². The highest BCUT2D eigenvalue weighted by Gasteiger charge is 2.31. The van der Waals surface area contributed by atoms with Gasteiger partial charge in [-0.2, -0.15) is 0 Å². The van der Waals surface area contributed by atoms with Gasteiger partial charge in [-0.3, -0.25) is 9.59 Å². The average molecular weight is 418 g/mol. The number of hydrogen-bond acceptors (Lipinski definition) is 5. The Labute approximate surface area is 172 Å². The number of fused-ring (bicyclic) bond motifs is 1.